The number of ether oxygens (including phenoxy) is 1. The van der Waals surface area contributed by atoms with Gasteiger partial charge in [-0.3, -0.25) is 4.79 Å². The lowest BCUT2D eigenvalue weighted by atomic mass is 9.82. The first-order valence-electron chi connectivity index (χ1n) is 5.29. The minimum absolute atomic E-state index is 0.114. The molecule has 1 N–H and O–H groups in total. The summed E-state index contributed by atoms with van der Waals surface area (Å²) in [5, 5.41) is 9.05. The average Bonchev–Trinajstić information content (AvgIpc) is 2.26. The van der Waals surface area contributed by atoms with Crippen LogP contribution in [0.5, 0.6) is 5.75 Å². The van der Waals surface area contributed by atoms with Gasteiger partial charge in [-0.25, -0.2) is 0 Å². The van der Waals surface area contributed by atoms with Crippen molar-refractivity contribution in [1.82, 2.24) is 0 Å². The Labute approximate surface area is 101 Å². The van der Waals surface area contributed by atoms with Crippen molar-refractivity contribution in [3.05, 3.63) is 29.3 Å². The first-order valence-corrected chi connectivity index (χ1v) is 5.29. The zero-order valence-corrected chi connectivity index (χ0v) is 9.54. The Hall–Kier alpha value is -1.72. The van der Waals surface area contributed by atoms with Crippen molar-refractivity contribution in [2.75, 3.05) is 6.61 Å². The van der Waals surface area contributed by atoms with Gasteiger partial charge in [0.1, 0.15) is 17.8 Å². The van der Waals surface area contributed by atoms with Crippen LogP contribution in [0.1, 0.15) is 18.1 Å². The molecule has 0 bridgehead atoms. The summed E-state index contributed by atoms with van der Waals surface area (Å²) in [7, 11) is 0. The van der Waals surface area contributed by atoms with E-state index in [1.807, 2.05) is 0 Å². The smallest absolute Gasteiger partial charge is 0.416 e. The van der Waals surface area contributed by atoms with Crippen molar-refractivity contribution in [2.24, 2.45) is 5.41 Å². The first kappa shape index (κ1) is 12.7. The van der Waals surface area contributed by atoms with E-state index >= 15 is 0 Å². The monoisotopic (exact) mass is 260 g/mol. The molecule has 0 aromatic heterocycles. The maximum Gasteiger partial charge on any atom is 0.416 e. The van der Waals surface area contributed by atoms with Crippen molar-refractivity contribution in [1.29, 1.82) is 0 Å². The molecule has 1 aromatic rings. The first-order chi connectivity index (χ1) is 8.22. The zero-order valence-electron chi connectivity index (χ0n) is 9.54. The maximum absolute atomic E-state index is 12.5. The number of alkyl halides is 3. The quantitative estimate of drug-likeness (QED) is 0.844. The number of rotatable bonds is 1. The molecule has 1 unspecified atom stereocenters. The van der Waals surface area contributed by atoms with Crippen LogP contribution in [-0.4, -0.2) is 17.7 Å². The van der Waals surface area contributed by atoms with Crippen molar-refractivity contribution in [3.8, 4) is 5.75 Å². The minimum atomic E-state index is -4.42. The van der Waals surface area contributed by atoms with Crippen LogP contribution < -0.4 is 4.74 Å². The molecule has 1 aliphatic rings. The average molecular weight is 260 g/mol. The van der Waals surface area contributed by atoms with E-state index in [0.717, 1.165) is 12.1 Å². The van der Waals surface area contributed by atoms with Crippen molar-refractivity contribution in [2.45, 2.75) is 19.5 Å². The highest BCUT2D eigenvalue weighted by Gasteiger charge is 2.39. The normalized spacial score (nSPS) is 23.1. The number of hydrogen-bond acceptors (Lipinski definition) is 2. The number of carboxylic acids is 1. The van der Waals surface area contributed by atoms with E-state index in [0.29, 0.717) is 5.56 Å². The summed E-state index contributed by atoms with van der Waals surface area (Å²) in [5.41, 5.74) is -1.40. The molecule has 0 aliphatic carbocycles. The number of carboxylic acid groups (broad SMARTS) is 1. The molecule has 2 rings (SSSR count). The lowest BCUT2D eigenvalue weighted by molar-refractivity contribution is -0.150. The number of aliphatic carboxylic acids is 1. The predicted molar refractivity (Wildman–Crippen MR) is 56.4 cm³/mol. The third kappa shape index (κ3) is 2.14. The molecule has 1 aromatic carbocycles. The van der Waals surface area contributed by atoms with Gasteiger partial charge in [0.15, 0.2) is 0 Å². The van der Waals surface area contributed by atoms with Crippen LogP contribution in [0.2, 0.25) is 0 Å². The molecule has 18 heavy (non-hydrogen) atoms. The van der Waals surface area contributed by atoms with Crippen LogP contribution in [0.3, 0.4) is 0 Å². The minimum Gasteiger partial charge on any atom is -0.492 e. The van der Waals surface area contributed by atoms with Gasteiger partial charge >= 0.3 is 12.1 Å². The van der Waals surface area contributed by atoms with Crippen molar-refractivity contribution >= 4 is 5.97 Å². The van der Waals surface area contributed by atoms with Gasteiger partial charge in [-0.05, 0) is 31.0 Å². The Balaban J connectivity index is 2.35. The highest BCUT2D eigenvalue weighted by atomic mass is 19.4. The van der Waals surface area contributed by atoms with Gasteiger partial charge in [-0.1, -0.05) is 6.07 Å². The molecule has 0 radical (unpaired) electrons. The van der Waals surface area contributed by atoms with Crippen LogP contribution in [0.4, 0.5) is 13.2 Å². The predicted octanol–water partition coefficient (Wildman–Crippen LogP) is 2.73. The molecular weight excluding hydrogens is 249 g/mol. The van der Waals surface area contributed by atoms with E-state index < -0.39 is 23.1 Å². The highest BCUT2D eigenvalue weighted by Crippen LogP contribution is 2.38. The number of halogens is 3. The Morgan fingerprint density at radius 1 is 1.44 bits per heavy atom. The lowest BCUT2D eigenvalue weighted by Crippen LogP contribution is -2.39. The fourth-order valence-electron chi connectivity index (χ4n) is 1.86. The number of benzene rings is 1. The summed E-state index contributed by atoms with van der Waals surface area (Å²) in [6.45, 7) is 1.38. The standard InChI is InChI=1S/C12H11F3O3/c1-11(10(16)17)5-7-2-3-8(12(13,14)15)4-9(7)18-6-11/h2-4H,5-6H2,1H3,(H,16,17). The Morgan fingerprint density at radius 3 is 2.67 bits per heavy atom. The van der Waals surface area contributed by atoms with Crippen LogP contribution in [-0.2, 0) is 17.4 Å². The summed E-state index contributed by atoms with van der Waals surface area (Å²) in [5.74, 6) is -0.906. The van der Waals surface area contributed by atoms with Crippen LogP contribution in [0.25, 0.3) is 0 Å². The van der Waals surface area contributed by atoms with E-state index in [2.05, 4.69) is 0 Å². The molecule has 0 amide bonds. The van der Waals surface area contributed by atoms with E-state index in [-0.39, 0.29) is 18.8 Å². The molecule has 6 heteroatoms. The van der Waals surface area contributed by atoms with Gasteiger partial charge in [0.25, 0.3) is 0 Å². The maximum atomic E-state index is 12.5. The number of fused-ring (bicyclic) bond motifs is 1. The molecule has 0 saturated heterocycles. The SMILES string of the molecule is CC1(C(=O)O)COc2cc(C(F)(F)F)ccc2C1. The van der Waals surface area contributed by atoms with Crippen LogP contribution in [0, 0.1) is 5.41 Å². The second kappa shape index (κ2) is 3.90. The van der Waals surface area contributed by atoms with Crippen molar-refractivity contribution in [3.63, 3.8) is 0 Å². The molecule has 0 spiro atoms. The van der Waals surface area contributed by atoms with Crippen molar-refractivity contribution < 1.29 is 27.8 Å². The summed E-state index contributed by atoms with van der Waals surface area (Å²) >= 11 is 0. The summed E-state index contributed by atoms with van der Waals surface area (Å²) in [6, 6.07) is 3.13. The highest BCUT2D eigenvalue weighted by molar-refractivity contribution is 5.75. The number of carbonyl (C=O) groups is 1. The van der Waals surface area contributed by atoms with E-state index in [1.54, 1.807) is 0 Å². The molecule has 98 valence electrons. The third-order valence-corrected chi connectivity index (χ3v) is 3.04. The van der Waals surface area contributed by atoms with Gasteiger partial charge in [0.05, 0.1) is 5.56 Å². The lowest BCUT2D eigenvalue weighted by Gasteiger charge is -2.31. The second-order valence-corrected chi connectivity index (χ2v) is 4.65. The topological polar surface area (TPSA) is 46.5 Å². The summed E-state index contributed by atoms with van der Waals surface area (Å²) in [4.78, 5) is 11.1. The Morgan fingerprint density at radius 2 is 2.11 bits per heavy atom. The van der Waals surface area contributed by atoms with E-state index in [4.69, 9.17) is 9.84 Å². The van der Waals surface area contributed by atoms with Gasteiger partial charge in [-0.15, -0.1) is 0 Å². The number of hydrogen-bond donors (Lipinski definition) is 1. The summed E-state index contributed by atoms with van der Waals surface area (Å²) in [6.07, 6.45) is -4.26. The molecule has 1 aliphatic heterocycles. The van der Waals surface area contributed by atoms with E-state index in [9.17, 15) is 18.0 Å². The molecule has 1 atom stereocenters. The van der Waals surface area contributed by atoms with Crippen LogP contribution in [0.15, 0.2) is 18.2 Å². The molecule has 1 heterocycles. The molecule has 0 fully saturated rings. The van der Waals surface area contributed by atoms with Crippen LogP contribution >= 0.6 is 0 Å². The van der Waals surface area contributed by atoms with Gasteiger partial charge in [0, 0.05) is 0 Å². The summed E-state index contributed by atoms with van der Waals surface area (Å²) < 4.78 is 42.6. The second-order valence-electron chi connectivity index (χ2n) is 4.65. The molecular formula is C12H11F3O3. The Kier molecular flexibility index (Phi) is 2.76. The fraction of sp³-hybridized carbons (Fsp3) is 0.417. The Bertz CT molecular complexity index is 496. The van der Waals surface area contributed by atoms with E-state index in [1.165, 1.54) is 13.0 Å². The molecule has 0 saturated carbocycles. The largest absolute Gasteiger partial charge is 0.492 e. The van der Waals surface area contributed by atoms with Gasteiger partial charge in [-0.2, -0.15) is 13.2 Å². The van der Waals surface area contributed by atoms with Gasteiger partial charge < -0.3 is 9.84 Å². The zero-order chi connectivity index (χ0) is 13.6. The van der Waals surface area contributed by atoms with Gasteiger partial charge in [0.2, 0.25) is 0 Å². The third-order valence-electron chi connectivity index (χ3n) is 3.04. The molecule has 3 nitrogen and oxygen atoms in total. The fourth-order valence-corrected chi connectivity index (χ4v) is 1.86.